The molecule has 142 valence electrons. The highest BCUT2D eigenvalue weighted by Crippen LogP contribution is 2.35. The third kappa shape index (κ3) is 4.34. The minimum Gasteiger partial charge on any atom is -0.342 e. The molecule has 1 fully saturated rings. The summed E-state index contributed by atoms with van der Waals surface area (Å²) in [5.41, 5.74) is -1.06. The van der Waals surface area contributed by atoms with Gasteiger partial charge in [0.1, 0.15) is 0 Å². The predicted molar refractivity (Wildman–Crippen MR) is 89.6 cm³/mol. The molecule has 2 heterocycles. The number of carbonyl (C=O) groups is 1. The Hall–Kier alpha value is -1.57. The number of aromatic nitrogens is 2. The van der Waals surface area contributed by atoms with E-state index in [-0.39, 0.29) is 11.6 Å². The van der Waals surface area contributed by atoms with Crippen molar-refractivity contribution in [3.63, 3.8) is 0 Å². The Kier molecular flexibility index (Phi) is 6.13. The highest BCUT2D eigenvalue weighted by molar-refractivity contribution is 5.96. The minimum atomic E-state index is -4.65. The smallest absolute Gasteiger partial charge is 0.342 e. The van der Waals surface area contributed by atoms with Crippen LogP contribution in [0.25, 0.3) is 0 Å². The van der Waals surface area contributed by atoms with Gasteiger partial charge in [0.15, 0.2) is 5.69 Å². The summed E-state index contributed by atoms with van der Waals surface area (Å²) in [6.45, 7) is 5.54. The second-order valence-electron chi connectivity index (χ2n) is 6.89. The normalized spacial score (nSPS) is 19.2. The topological polar surface area (TPSA) is 41.4 Å². The van der Waals surface area contributed by atoms with Crippen LogP contribution >= 0.6 is 0 Å². The van der Waals surface area contributed by atoms with Gasteiger partial charge < -0.3 is 9.80 Å². The van der Waals surface area contributed by atoms with E-state index in [1.165, 1.54) is 9.58 Å². The third-order valence-corrected chi connectivity index (χ3v) is 4.77. The fraction of sp³-hybridized carbons (Fsp3) is 0.765. The fourth-order valence-electron chi connectivity index (χ4n) is 3.36. The quantitative estimate of drug-likeness (QED) is 0.809. The molecule has 0 bridgehead atoms. The van der Waals surface area contributed by atoms with Crippen LogP contribution in [0.1, 0.15) is 60.4 Å². The van der Waals surface area contributed by atoms with Gasteiger partial charge in [-0.2, -0.15) is 18.3 Å². The molecule has 2 rings (SSSR count). The monoisotopic (exact) mass is 360 g/mol. The lowest BCUT2D eigenvalue weighted by Crippen LogP contribution is -2.34. The van der Waals surface area contributed by atoms with Crippen molar-refractivity contribution in [2.75, 3.05) is 33.7 Å². The van der Waals surface area contributed by atoms with Crippen molar-refractivity contribution in [3.05, 3.63) is 17.0 Å². The second kappa shape index (κ2) is 7.76. The van der Waals surface area contributed by atoms with Crippen molar-refractivity contribution < 1.29 is 18.0 Å². The fourth-order valence-corrected chi connectivity index (χ4v) is 3.36. The van der Waals surface area contributed by atoms with Crippen LogP contribution in [0, 0.1) is 6.92 Å². The molecule has 1 aromatic rings. The number of unbranched alkanes of at least 4 members (excludes halogenated alkanes) is 1. The van der Waals surface area contributed by atoms with E-state index in [1.54, 1.807) is 14.0 Å². The van der Waals surface area contributed by atoms with Crippen molar-refractivity contribution >= 4 is 5.91 Å². The Labute approximate surface area is 146 Å². The van der Waals surface area contributed by atoms with E-state index in [1.807, 2.05) is 14.0 Å². The van der Waals surface area contributed by atoms with Crippen LogP contribution < -0.4 is 0 Å². The van der Waals surface area contributed by atoms with Gasteiger partial charge in [-0.3, -0.25) is 9.48 Å². The molecule has 0 aromatic carbocycles. The van der Waals surface area contributed by atoms with Crippen LogP contribution in [0.3, 0.4) is 0 Å². The summed E-state index contributed by atoms with van der Waals surface area (Å²) in [4.78, 5) is 16.1. The molecule has 0 spiro atoms. The number of likely N-dealkylation sites (tertiary alicyclic amines) is 1. The molecule has 0 N–H and O–H groups in total. The molecule has 1 atom stereocenters. The second-order valence-corrected chi connectivity index (χ2v) is 6.89. The molecular formula is C17H27F3N4O. The zero-order valence-corrected chi connectivity index (χ0v) is 15.4. The van der Waals surface area contributed by atoms with Crippen molar-refractivity contribution in [1.82, 2.24) is 19.6 Å². The highest BCUT2D eigenvalue weighted by atomic mass is 19.4. The molecule has 0 aliphatic carbocycles. The number of piperidine rings is 1. The molecule has 8 heteroatoms. The Morgan fingerprint density at radius 3 is 2.64 bits per heavy atom. The Bertz CT molecular complexity index is 612. The number of likely N-dealkylation sites (N-methyl/N-ethyl adjacent to an activating group) is 1. The van der Waals surface area contributed by atoms with Crippen molar-refractivity contribution in [3.8, 4) is 0 Å². The summed E-state index contributed by atoms with van der Waals surface area (Å²) in [5.74, 6) is -0.603. The van der Waals surface area contributed by atoms with E-state index in [2.05, 4.69) is 10.00 Å². The van der Waals surface area contributed by atoms with Crippen molar-refractivity contribution in [2.24, 2.45) is 0 Å². The van der Waals surface area contributed by atoms with Gasteiger partial charge in [0.25, 0.3) is 5.91 Å². The van der Waals surface area contributed by atoms with Gasteiger partial charge in [-0.05, 0) is 39.8 Å². The molecule has 1 amide bonds. The molecule has 5 nitrogen and oxygen atoms in total. The number of halogens is 3. The van der Waals surface area contributed by atoms with Gasteiger partial charge in [0, 0.05) is 25.8 Å². The van der Waals surface area contributed by atoms with Gasteiger partial charge in [-0.15, -0.1) is 0 Å². The summed E-state index contributed by atoms with van der Waals surface area (Å²) in [7, 11) is 3.49. The van der Waals surface area contributed by atoms with E-state index in [4.69, 9.17) is 0 Å². The number of amides is 1. The molecule has 0 radical (unpaired) electrons. The molecule has 25 heavy (non-hydrogen) atoms. The molecule has 1 aliphatic heterocycles. The maximum absolute atomic E-state index is 13.5. The summed E-state index contributed by atoms with van der Waals surface area (Å²) in [5, 5.41) is 3.84. The summed E-state index contributed by atoms with van der Waals surface area (Å²) >= 11 is 0. The first-order valence-corrected chi connectivity index (χ1v) is 8.77. The van der Waals surface area contributed by atoms with E-state index >= 15 is 0 Å². The largest absolute Gasteiger partial charge is 0.435 e. The SMILES string of the molecule is CCCCN(C)C(=O)c1c(C(F)(F)F)nn(C2CCCN(C)C2)c1C. The lowest BCUT2D eigenvalue weighted by molar-refractivity contribution is -0.142. The first kappa shape index (κ1) is 19.8. The minimum absolute atomic E-state index is 0.137. The molecular weight excluding hydrogens is 333 g/mol. The lowest BCUT2D eigenvalue weighted by atomic mass is 10.1. The number of hydrogen-bond acceptors (Lipinski definition) is 3. The number of alkyl halides is 3. The number of hydrogen-bond donors (Lipinski definition) is 0. The van der Waals surface area contributed by atoms with Crippen LogP contribution in [0.2, 0.25) is 0 Å². The standard InChI is InChI=1S/C17H27F3N4O/c1-5-6-10-23(4)16(25)14-12(2)24(21-15(14)17(18,19)20)13-8-7-9-22(3)11-13/h13H,5-11H2,1-4H3. The maximum Gasteiger partial charge on any atom is 0.435 e. The van der Waals surface area contributed by atoms with E-state index in [0.717, 1.165) is 32.2 Å². The van der Waals surface area contributed by atoms with Crippen LogP contribution in [0.4, 0.5) is 13.2 Å². The molecule has 1 saturated heterocycles. The Morgan fingerprint density at radius 1 is 1.40 bits per heavy atom. The van der Waals surface area contributed by atoms with E-state index in [9.17, 15) is 18.0 Å². The van der Waals surface area contributed by atoms with Crippen LogP contribution in [-0.4, -0.2) is 59.2 Å². The average molecular weight is 360 g/mol. The van der Waals surface area contributed by atoms with E-state index < -0.39 is 17.8 Å². The van der Waals surface area contributed by atoms with Gasteiger partial charge in [-0.1, -0.05) is 13.3 Å². The van der Waals surface area contributed by atoms with Crippen molar-refractivity contribution in [1.29, 1.82) is 0 Å². The number of rotatable bonds is 5. The van der Waals surface area contributed by atoms with Gasteiger partial charge in [-0.25, -0.2) is 0 Å². The zero-order valence-electron chi connectivity index (χ0n) is 15.4. The zero-order chi connectivity index (χ0) is 18.8. The van der Waals surface area contributed by atoms with Gasteiger partial charge >= 0.3 is 6.18 Å². The summed E-state index contributed by atoms with van der Waals surface area (Å²) in [6, 6.07) is -0.137. The third-order valence-electron chi connectivity index (χ3n) is 4.77. The van der Waals surface area contributed by atoms with Gasteiger partial charge in [0.2, 0.25) is 0 Å². The molecule has 1 unspecified atom stereocenters. The lowest BCUT2D eigenvalue weighted by Gasteiger charge is -2.30. The van der Waals surface area contributed by atoms with Crippen LogP contribution in [0.5, 0.6) is 0 Å². The van der Waals surface area contributed by atoms with Crippen molar-refractivity contribution in [2.45, 2.75) is 51.7 Å². The Balaban J connectivity index is 2.41. The maximum atomic E-state index is 13.5. The van der Waals surface area contributed by atoms with E-state index in [0.29, 0.717) is 18.8 Å². The predicted octanol–water partition coefficient (Wildman–Crippen LogP) is 3.35. The first-order valence-electron chi connectivity index (χ1n) is 8.77. The van der Waals surface area contributed by atoms with Gasteiger partial charge in [0.05, 0.1) is 11.6 Å². The van der Waals surface area contributed by atoms with Crippen LogP contribution in [0.15, 0.2) is 0 Å². The molecule has 1 aliphatic rings. The van der Waals surface area contributed by atoms with Crippen LogP contribution in [-0.2, 0) is 6.18 Å². The summed E-state index contributed by atoms with van der Waals surface area (Å²) in [6.07, 6.45) is -1.35. The Morgan fingerprint density at radius 2 is 2.08 bits per heavy atom. The number of nitrogens with zero attached hydrogens (tertiary/aromatic N) is 4. The highest BCUT2D eigenvalue weighted by Gasteiger charge is 2.42. The average Bonchev–Trinajstić information content (AvgIpc) is 2.89. The number of carbonyl (C=O) groups excluding carboxylic acids is 1. The molecule has 0 saturated carbocycles. The first-order chi connectivity index (χ1) is 11.7. The molecule has 1 aromatic heterocycles. The summed E-state index contributed by atoms with van der Waals surface area (Å²) < 4.78 is 41.9.